The molecule has 0 aromatic heterocycles. The van der Waals surface area contributed by atoms with Crippen LogP contribution in [0.1, 0.15) is 130 Å². The molecule has 0 saturated heterocycles. The van der Waals surface area contributed by atoms with Gasteiger partial charge in [-0.1, -0.05) is 161 Å². The molecular weight excluding hydrogens is 896 g/mol. The van der Waals surface area contributed by atoms with Gasteiger partial charge in [0.2, 0.25) is 0 Å². The molecule has 3 aliphatic heterocycles. The van der Waals surface area contributed by atoms with Gasteiger partial charge < -0.3 is 19.6 Å². The summed E-state index contributed by atoms with van der Waals surface area (Å²) < 4.78 is 0. The van der Waals surface area contributed by atoms with Crippen molar-refractivity contribution in [2.75, 3.05) is 19.6 Å². The van der Waals surface area contributed by atoms with Gasteiger partial charge in [0.1, 0.15) is 0 Å². The third kappa shape index (κ3) is 7.54. The molecule has 1 aliphatic carbocycles. The van der Waals surface area contributed by atoms with Crippen molar-refractivity contribution in [3.63, 3.8) is 0 Å². The minimum Gasteiger partial charge on any atom is -0.334 e. The maximum Gasteiger partial charge on any atom is 0.252 e. The summed E-state index contributed by atoms with van der Waals surface area (Å²) in [6.07, 6.45) is 4.68. The van der Waals surface area contributed by atoms with Crippen LogP contribution in [0.15, 0.2) is 176 Å². The fourth-order valence-corrected chi connectivity index (χ4v) is 13.4. The topological polar surface area (TPSA) is 13.0 Å². The second kappa shape index (κ2) is 17.0. The molecule has 0 radical (unpaired) electrons. The van der Waals surface area contributed by atoms with E-state index in [1.165, 1.54) is 120 Å². The van der Waals surface area contributed by atoms with Crippen molar-refractivity contribution in [2.24, 2.45) is 0 Å². The molecule has 0 bridgehead atoms. The van der Waals surface area contributed by atoms with Crippen LogP contribution in [-0.4, -0.2) is 12.3 Å². The summed E-state index contributed by atoms with van der Waals surface area (Å²) in [6.45, 7) is 28.2. The summed E-state index contributed by atoms with van der Waals surface area (Å²) in [4.78, 5) is 10.4. The summed E-state index contributed by atoms with van der Waals surface area (Å²) in [5, 5.41) is 0. The number of aryl methyl sites for hydroxylation is 1. The monoisotopic (exact) mass is 969 g/mol. The van der Waals surface area contributed by atoms with Crippen molar-refractivity contribution >= 4 is 85.7 Å². The van der Waals surface area contributed by atoms with Crippen LogP contribution in [-0.2, 0) is 21.7 Å². The van der Waals surface area contributed by atoms with Crippen LogP contribution in [0.25, 0.3) is 0 Å². The average molecular weight is 969 g/mol. The predicted octanol–water partition coefficient (Wildman–Crippen LogP) is 17.2. The first-order valence-corrected chi connectivity index (χ1v) is 27.3. The number of rotatable bonds is 6. The van der Waals surface area contributed by atoms with E-state index in [4.69, 9.17) is 0 Å². The Morgan fingerprint density at radius 2 is 0.919 bits per heavy atom. The lowest BCUT2D eigenvalue weighted by Crippen LogP contribution is -2.61. The summed E-state index contributed by atoms with van der Waals surface area (Å²) in [7, 11) is 0. The Balaban J connectivity index is 1.05. The molecule has 2 atom stereocenters. The number of hydrogen-bond donors (Lipinski definition) is 0. The first kappa shape index (κ1) is 48.0. The Morgan fingerprint density at radius 3 is 1.51 bits per heavy atom. The first-order valence-electron chi connectivity index (χ1n) is 27.3. The molecule has 3 heterocycles. The molecule has 0 spiro atoms. The minimum absolute atomic E-state index is 0.0366. The Hall–Kier alpha value is -6.98. The quantitative estimate of drug-likeness (QED) is 0.154. The van der Waals surface area contributed by atoms with E-state index in [9.17, 15) is 0 Å². The van der Waals surface area contributed by atoms with Crippen LogP contribution < -0.4 is 36.0 Å². The number of para-hydroxylation sites is 2. The van der Waals surface area contributed by atoms with Crippen LogP contribution in [0.4, 0.5) is 62.6 Å². The van der Waals surface area contributed by atoms with Gasteiger partial charge in [-0.05, 0) is 184 Å². The highest BCUT2D eigenvalue weighted by Gasteiger charge is 2.58. The van der Waals surface area contributed by atoms with E-state index in [0.717, 1.165) is 12.8 Å². The summed E-state index contributed by atoms with van der Waals surface area (Å²) in [5.74, 6) is 0. The average Bonchev–Trinajstić information content (AvgIpc) is 3.63. The van der Waals surface area contributed by atoms with Crippen LogP contribution in [0, 0.1) is 6.92 Å². The van der Waals surface area contributed by atoms with E-state index in [1.54, 1.807) is 0 Å². The SMILES string of the molecule is Cc1cc2c3c(c1)N(c1ccc(C(C)(C)C)cc1)c1cc(N4c5ccc(N(c6ccc(C(C)(C)C)cc6)c6ccc(C(C)(C)C)cc6)cc5C5(C)CCCCC45C)ccc1B3c1ccccc1N2c1ccccc1. The van der Waals surface area contributed by atoms with E-state index in [1.807, 2.05) is 0 Å². The molecule has 5 heteroatoms. The van der Waals surface area contributed by atoms with Gasteiger partial charge in [-0.2, -0.15) is 0 Å². The van der Waals surface area contributed by atoms with E-state index in [-0.39, 0.29) is 33.9 Å². The second-order valence-electron chi connectivity index (χ2n) is 25.5. The van der Waals surface area contributed by atoms with Gasteiger partial charge in [0, 0.05) is 68.0 Å². The van der Waals surface area contributed by atoms with Crippen molar-refractivity contribution in [3.8, 4) is 0 Å². The lowest BCUT2D eigenvalue weighted by molar-refractivity contribution is 0.195. The fourth-order valence-electron chi connectivity index (χ4n) is 13.4. The van der Waals surface area contributed by atoms with Crippen LogP contribution in [0.2, 0.25) is 0 Å². The van der Waals surface area contributed by atoms with Crippen LogP contribution in [0.5, 0.6) is 0 Å². The van der Waals surface area contributed by atoms with Gasteiger partial charge in [0.25, 0.3) is 6.71 Å². The molecule has 1 fully saturated rings. The number of anilines is 11. The van der Waals surface area contributed by atoms with Gasteiger partial charge in [-0.3, -0.25) is 0 Å². The molecule has 0 amide bonds. The highest BCUT2D eigenvalue weighted by atomic mass is 15.3. The first-order chi connectivity index (χ1) is 35.2. The molecule has 2 unspecified atom stereocenters. The van der Waals surface area contributed by atoms with Gasteiger partial charge in [-0.25, -0.2) is 0 Å². The molecule has 1 saturated carbocycles. The Labute approximate surface area is 442 Å². The second-order valence-corrected chi connectivity index (χ2v) is 25.5. The molecule has 0 N–H and O–H groups in total. The smallest absolute Gasteiger partial charge is 0.252 e. The maximum atomic E-state index is 2.77. The Bertz CT molecular complexity index is 3390. The minimum atomic E-state index is -0.156. The molecule has 8 aromatic carbocycles. The summed E-state index contributed by atoms with van der Waals surface area (Å²) >= 11 is 0. The van der Waals surface area contributed by atoms with Gasteiger partial charge in [-0.15, -0.1) is 0 Å². The Morgan fingerprint density at radius 1 is 0.432 bits per heavy atom. The third-order valence-corrected chi connectivity index (χ3v) is 17.7. The zero-order chi connectivity index (χ0) is 51.7. The third-order valence-electron chi connectivity index (χ3n) is 17.7. The summed E-state index contributed by atoms with van der Waals surface area (Å²) in [6, 6.07) is 67.9. The van der Waals surface area contributed by atoms with Crippen molar-refractivity contribution < 1.29 is 0 Å². The van der Waals surface area contributed by atoms with E-state index in [0.29, 0.717) is 0 Å². The van der Waals surface area contributed by atoms with E-state index in [2.05, 4.69) is 279 Å². The van der Waals surface area contributed by atoms with Crippen molar-refractivity contribution in [3.05, 3.63) is 204 Å². The van der Waals surface area contributed by atoms with E-state index >= 15 is 0 Å². The fraction of sp³-hybridized carbons (Fsp3) is 0.304. The number of benzene rings is 8. The molecule has 8 aromatic rings. The number of nitrogens with zero attached hydrogens (tertiary/aromatic N) is 4. The maximum absolute atomic E-state index is 2.77. The predicted molar refractivity (Wildman–Crippen MR) is 319 cm³/mol. The molecular formula is C69H73BN4. The highest BCUT2D eigenvalue weighted by molar-refractivity contribution is 7.00. The molecule has 74 heavy (non-hydrogen) atoms. The lowest BCUT2D eigenvalue weighted by atomic mass is 9.33. The zero-order valence-corrected chi connectivity index (χ0v) is 45.9. The number of hydrogen-bond acceptors (Lipinski definition) is 4. The molecule has 12 rings (SSSR count). The standard InChI is InChI=1S/C69H73BN4/c1-46-42-62-64-63(43-46)73(53-34-28-49(29-35-53)67(8,9)10)61-45-55(36-38-58(61)70(64)57-22-16-17-23-60(57)72(62)50-20-14-13-15-21-50)74-59-39-37-54(44-56(59)68(11)40-18-19-41-69(68,74)12)71(51-30-24-47(25-31-51)65(2,3)4)52-32-26-48(27-33-52)66(5,6)7/h13-17,20-39,42-45H,18-19,40-41H2,1-12H3. The highest BCUT2D eigenvalue weighted by Crippen LogP contribution is 2.62. The number of fused-ring (bicyclic) bond motifs is 7. The van der Waals surface area contributed by atoms with Gasteiger partial charge in [0.15, 0.2) is 0 Å². The molecule has 372 valence electrons. The van der Waals surface area contributed by atoms with Crippen molar-refractivity contribution in [1.82, 2.24) is 0 Å². The van der Waals surface area contributed by atoms with Crippen LogP contribution in [0.3, 0.4) is 0 Å². The molecule has 4 nitrogen and oxygen atoms in total. The van der Waals surface area contributed by atoms with Crippen molar-refractivity contribution in [2.45, 2.75) is 136 Å². The van der Waals surface area contributed by atoms with Crippen molar-refractivity contribution in [1.29, 1.82) is 0 Å². The van der Waals surface area contributed by atoms with Crippen LogP contribution >= 0.6 is 0 Å². The normalized spacial score (nSPS) is 18.9. The molecule has 4 aliphatic rings. The zero-order valence-electron chi connectivity index (χ0n) is 45.9. The lowest BCUT2D eigenvalue weighted by Gasteiger charge is -2.50. The van der Waals surface area contributed by atoms with Gasteiger partial charge >= 0.3 is 0 Å². The van der Waals surface area contributed by atoms with Gasteiger partial charge in [0.05, 0.1) is 5.54 Å². The largest absolute Gasteiger partial charge is 0.334 e. The Kier molecular flexibility index (Phi) is 11.0. The summed E-state index contributed by atoms with van der Waals surface area (Å²) in [5.41, 5.74) is 24.1. The van der Waals surface area contributed by atoms with E-state index < -0.39 is 0 Å².